The molecule has 5 nitrogen and oxygen atoms in total. The predicted octanol–water partition coefficient (Wildman–Crippen LogP) is 6.01. The highest BCUT2D eigenvalue weighted by molar-refractivity contribution is 14.1. The van der Waals surface area contributed by atoms with Crippen LogP contribution in [0.15, 0.2) is 35.2 Å². The smallest absolute Gasteiger partial charge is 0.343 e. The minimum Gasteiger partial charge on any atom is -0.422 e. The van der Waals surface area contributed by atoms with E-state index in [9.17, 15) is 17.8 Å². The van der Waals surface area contributed by atoms with E-state index in [2.05, 4.69) is 67.8 Å². The van der Waals surface area contributed by atoms with Gasteiger partial charge in [-0.3, -0.25) is 4.55 Å². The van der Waals surface area contributed by atoms with E-state index in [1.165, 1.54) is 12.1 Å². The van der Waals surface area contributed by atoms with Crippen LogP contribution in [-0.4, -0.2) is 18.9 Å². The fraction of sp³-hybridized carbons (Fsp3) is 0.316. The number of carbonyl (C=O) groups is 1. The normalized spacial score (nSPS) is 15.4. The molecule has 9 heteroatoms. The molecule has 0 aliphatic heterocycles. The second kappa shape index (κ2) is 9.43. The Bertz CT molecular complexity index is 1010. The van der Waals surface area contributed by atoms with Crippen LogP contribution in [0.1, 0.15) is 53.9 Å². The van der Waals surface area contributed by atoms with Crippen molar-refractivity contribution in [1.29, 1.82) is 0 Å². The average Bonchev–Trinajstić information content (AvgIpc) is 2.65. The molecule has 0 unspecified atom stereocenters. The van der Waals surface area contributed by atoms with Crippen molar-refractivity contribution in [2.75, 3.05) is 0 Å². The maximum Gasteiger partial charge on any atom is 0.343 e. The highest BCUT2D eigenvalue weighted by atomic mass is 127. The Morgan fingerprint density at radius 3 is 2.36 bits per heavy atom. The fourth-order valence-corrected chi connectivity index (χ4v) is 6.38. The summed E-state index contributed by atoms with van der Waals surface area (Å²) in [6.45, 7) is 0. The van der Waals surface area contributed by atoms with Crippen molar-refractivity contribution >= 4 is 83.9 Å². The molecule has 0 spiro atoms. The Morgan fingerprint density at radius 2 is 1.71 bits per heavy atom. The number of ether oxygens (including phenoxy) is 1. The molecule has 0 aromatic heterocycles. The molecular formula is C19H17I3O5S. The lowest BCUT2D eigenvalue weighted by Gasteiger charge is -2.24. The minimum atomic E-state index is -4.36. The summed E-state index contributed by atoms with van der Waals surface area (Å²) in [4.78, 5) is 12.6. The van der Waals surface area contributed by atoms with Crippen LogP contribution in [0.25, 0.3) is 0 Å². The van der Waals surface area contributed by atoms with E-state index < -0.39 is 16.1 Å². The number of halogens is 3. The summed E-state index contributed by atoms with van der Waals surface area (Å²) in [6.07, 6.45) is 4.80. The van der Waals surface area contributed by atoms with Gasteiger partial charge < -0.3 is 4.74 Å². The van der Waals surface area contributed by atoms with E-state index in [4.69, 9.17) is 4.74 Å². The SMILES string of the molecule is O=C(Oc1cc(I)cc(I)c1I)c1ccc(S(=O)(=O)O)c(C2CCCCC2)c1. The van der Waals surface area contributed by atoms with Crippen molar-refractivity contribution in [3.63, 3.8) is 0 Å². The van der Waals surface area contributed by atoms with Crippen LogP contribution >= 0.6 is 67.8 Å². The molecule has 2 aromatic carbocycles. The van der Waals surface area contributed by atoms with Crippen LogP contribution in [0, 0.1) is 10.7 Å². The molecule has 0 amide bonds. The molecule has 150 valence electrons. The van der Waals surface area contributed by atoms with Crippen LogP contribution in [-0.2, 0) is 10.1 Å². The quantitative estimate of drug-likeness (QED) is 0.137. The van der Waals surface area contributed by atoms with Gasteiger partial charge in [0.05, 0.1) is 14.0 Å². The van der Waals surface area contributed by atoms with E-state index in [0.717, 1.165) is 42.8 Å². The Hall–Kier alpha value is 0.01000. The summed E-state index contributed by atoms with van der Waals surface area (Å²) in [5, 5.41) is 0. The van der Waals surface area contributed by atoms with Gasteiger partial charge in [0.25, 0.3) is 10.1 Å². The fourth-order valence-electron chi connectivity index (χ4n) is 3.41. The molecule has 1 N–H and O–H groups in total. The molecule has 2 aromatic rings. The van der Waals surface area contributed by atoms with E-state index in [1.807, 2.05) is 6.07 Å². The molecule has 28 heavy (non-hydrogen) atoms. The number of hydrogen-bond acceptors (Lipinski definition) is 4. The Labute approximate surface area is 205 Å². The monoisotopic (exact) mass is 738 g/mol. The van der Waals surface area contributed by atoms with Crippen LogP contribution < -0.4 is 4.74 Å². The number of rotatable bonds is 4. The molecule has 0 heterocycles. The minimum absolute atomic E-state index is 0.0113. The third-order valence-corrected chi connectivity index (χ3v) is 9.28. The maximum atomic E-state index is 12.7. The summed E-state index contributed by atoms with van der Waals surface area (Å²) in [7, 11) is -4.36. The molecule has 0 radical (unpaired) electrons. The zero-order valence-electron chi connectivity index (χ0n) is 14.6. The van der Waals surface area contributed by atoms with Crippen molar-refractivity contribution in [2.24, 2.45) is 0 Å². The summed E-state index contributed by atoms with van der Waals surface area (Å²) in [6, 6.07) is 8.04. The van der Waals surface area contributed by atoms with Crippen molar-refractivity contribution in [2.45, 2.75) is 42.9 Å². The van der Waals surface area contributed by atoms with Gasteiger partial charge in [0.2, 0.25) is 0 Å². The van der Waals surface area contributed by atoms with Crippen LogP contribution in [0.3, 0.4) is 0 Å². The van der Waals surface area contributed by atoms with Gasteiger partial charge in [-0.15, -0.1) is 0 Å². The standard InChI is InChI=1S/C19H17I3O5S/c20-13-9-15(21)18(22)16(10-13)27-19(23)12-6-7-17(28(24,25)26)14(8-12)11-4-2-1-3-5-11/h6-11H,1-5H2,(H,24,25,26). The number of esters is 1. The van der Waals surface area contributed by atoms with Crippen molar-refractivity contribution < 1.29 is 22.5 Å². The van der Waals surface area contributed by atoms with Gasteiger partial charge in [-0.25, -0.2) is 4.79 Å². The Morgan fingerprint density at radius 1 is 1.04 bits per heavy atom. The third-order valence-electron chi connectivity index (χ3n) is 4.73. The van der Waals surface area contributed by atoms with Gasteiger partial charge >= 0.3 is 5.97 Å². The molecule has 0 saturated heterocycles. The van der Waals surface area contributed by atoms with E-state index in [0.29, 0.717) is 11.3 Å². The largest absolute Gasteiger partial charge is 0.422 e. The van der Waals surface area contributed by atoms with Gasteiger partial charge in [0.15, 0.2) is 0 Å². The second-order valence-corrected chi connectivity index (χ2v) is 11.5. The molecule has 1 aliphatic carbocycles. The molecule has 3 rings (SSSR count). The third kappa shape index (κ3) is 5.38. The average molecular weight is 738 g/mol. The highest BCUT2D eigenvalue weighted by Crippen LogP contribution is 2.37. The van der Waals surface area contributed by atoms with Crippen molar-refractivity contribution in [3.8, 4) is 5.75 Å². The second-order valence-electron chi connectivity index (χ2n) is 6.65. The van der Waals surface area contributed by atoms with Crippen LogP contribution in [0.2, 0.25) is 0 Å². The van der Waals surface area contributed by atoms with E-state index in [1.54, 1.807) is 12.1 Å². The molecule has 0 bridgehead atoms. The molecule has 1 aliphatic rings. The van der Waals surface area contributed by atoms with Crippen molar-refractivity contribution in [1.82, 2.24) is 0 Å². The van der Waals surface area contributed by atoms with Crippen molar-refractivity contribution in [3.05, 3.63) is 52.2 Å². The van der Waals surface area contributed by atoms with Gasteiger partial charge in [-0.2, -0.15) is 8.42 Å². The first-order valence-corrected chi connectivity index (χ1v) is 13.3. The zero-order valence-corrected chi connectivity index (χ0v) is 21.9. The van der Waals surface area contributed by atoms with Gasteiger partial charge in [-0.1, -0.05) is 19.3 Å². The van der Waals surface area contributed by atoms with E-state index >= 15 is 0 Å². The maximum absolute atomic E-state index is 12.7. The number of hydrogen-bond donors (Lipinski definition) is 1. The number of carbonyl (C=O) groups excluding carboxylic acids is 1. The number of benzene rings is 2. The summed E-state index contributed by atoms with van der Waals surface area (Å²) >= 11 is 6.48. The molecule has 1 fully saturated rings. The summed E-state index contributed by atoms with van der Waals surface area (Å²) in [5.41, 5.74) is 0.779. The first-order valence-electron chi connectivity index (χ1n) is 8.65. The predicted molar refractivity (Wildman–Crippen MR) is 132 cm³/mol. The highest BCUT2D eigenvalue weighted by Gasteiger charge is 2.26. The van der Waals surface area contributed by atoms with Crippen LogP contribution in [0.5, 0.6) is 5.75 Å². The molecule has 0 atom stereocenters. The van der Waals surface area contributed by atoms with Gasteiger partial charge in [0.1, 0.15) is 5.75 Å². The first-order chi connectivity index (χ1) is 13.2. The Kier molecular flexibility index (Phi) is 7.64. The first kappa shape index (κ1) is 22.7. The zero-order chi connectivity index (χ0) is 20.5. The van der Waals surface area contributed by atoms with E-state index in [-0.39, 0.29) is 16.4 Å². The van der Waals surface area contributed by atoms with Gasteiger partial charge in [0, 0.05) is 7.14 Å². The molecular weight excluding hydrogens is 721 g/mol. The molecule has 1 saturated carbocycles. The topological polar surface area (TPSA) is 80.7 Å². The van der Waals surface area contributed by atoms with Crippen LogP contribution in [0.4, 0.5) is 0 Å². The Balaban J connectivity index is 1.97. The lowest BCUT2D eigenvalue weighted by atomic mass is 9.83. The summed E-state index contributed by atoms with van der Waals surface area (Å²) < 4.78 is 41.6. The summed E-state index contributed by atoms with van der Waals surface area (Å²) in [5.74, 6) is -0.0631. The van der Waals surface area contributed by atoms with Gasteiger partial charge in [-0.05, 0) is 122 Å². The lowest BCUT2D eigenvalue weighted by Crippen LogP contribution is -2.15. The lowest BCUT2D eigenvalue weighted by molar-refractivity contribution is 0.0733.